The van der Waals surface area contributed by atoms with E-state index in [4.69, 9.17) is 9.84 Å². The summed E-state index contributed by atoms with van der Waals surface area (Å²) in [6.45, 7) is 0. The van der Waals surface area contributed by atoms with Crippen molar-refractivity contribution in [3.05, 3.63) is 59.8 Å². The molecule has 23 heavy (non-hydrogen) atoms. The van der Waals surface area contributed by atoms with Gasteiger partial charge < -0.3 is 9.84 Å². The van der Waals surface area contributed by atoms with E-state index in [2.05, 4.69) is 15.4 Å². The number of carboxylic acids is 1. The maximum atomic E-state index is 10.9. The molecule has 3 rings (SSSR count). The monoisotopic (exact) mass is 309 g/mol. The number of nitrogens with zero attached hydrogens (tertiary/aromatic N) is 2. The highest BCUT2D eigenvalue weighted by Crippen LogP contribution is 2.26. The van der Waals surface area contributed by atoms with Gasteiger partial charge in [-0.15, -0.1) is 0 Å². The van der Waals surface area contributed by atoms with Gasteiger partial charge in [0.15, 0.2) is 0 Å². The third-order valence-electron chi connectivity index (χ3n) is 3.18. The predicted octanol–water partition coefficient (Wildman–Crippen LogP) is 2.77. The molecule has 0 unspecified atom stereocenters. The molecule has 0 saturated heterocycles. The van der Waals surface area contributed by atoms with Crippen LogP contribution >= 0.6 is 0 Å². The van der Waals surface area contributed by atoms with Gasteiger partial charge in [0.25, 0.3) is 5.88 Å². The summed E-state index contributed by atoms with van der Waals surface area (Å²) in [7, 11) is 0. The second-order valence-electron chi connectivity index (χ2n) is 4.66. The first-order chi connectivity index (χ1) is 11.2. The molecule has 0 radical (unpaired) electrons. The van der Waals surface area contributed by atoms with Crippen LogP contribution in [-0.4, -0.2) is 32.8 Å². The molecule has 0 bridgehead atoms. The molecule has 2 aromatic carbocycles. The van der Waals surface area contributed by atoms with E-state index in [1.807, 2.05) is 24.3 Å². The lowest BCUT2D eigenvalue weighted by Crippen LogP contribution is -1.99. The number of aromatic carboxylic acids is 1. The lowest BCUT2D eigenvalue weighted by atomic mass is 10.0. The van der Waals surface area contributed by atoms with E-state index in [1.54, 1.807) is 24.3 Å². The normalized spacial score (nSPS) is 10.3. The topological polar surface area (TPSA) is 105 Å². The standard InChI is InChI=1S/C16H11N3O4/c20-9-10-1-3-11(4-2-10)12-5-7-13(8-6-12)23-15-14(16(21)22)17-19-18-15/h1-9H,(H,21,22)(H,17,18,19). The fourth-order valence-corrected chi connectivity index (χ4v) is 2.01. The van der Waals surface area contributed by atoms with E-state index in [-0.39, 0.29) is 11.6 Å². The highest BCUT2D eigenvalue weighted by molar-refractivity contribution is 5.87. The van der Waals surface area contributed by atoms with Crippen molar-refractivity contribution in [1.82, 2.24) is 15.4 Å². The molecule has 114 valence electrons. The molecule has 3 aromatic rings. The number of carbonyl (C=O) groups excluding carboxylic acids is 1. The Morgan fingerprint density at radius 2 is 1.65 bits per heavy atom. The number of ether oxygens (including phenoxy) is 1. The van der Waals surface area contributed by atoms with E-state index < -0.39 is 5.97 Å². The Hall–Kier alpha value is -3.48. The van der Waals surface area contributed by atoms with Crippen molar-refractivity contribution in [3.63, 3.8) is 0 Å². The lowest BCUT2D eigenvalue weighted by Gasteiger charge is -2.05. The summed E-state index contributed by atoms with van der Waals surface area (Å²) in [5, 5.41) is 18.2. The maximum Gasteiger partial charge on any atom is 0.359 e. The van der Waals surface area contributed by atoms with Crippen LogP contribution in [0.5, 0.6) is 11.6 Å². The number of benzene rings is 2. The van der Waals surface area contributed by atoms with Gasteiger partial charge in [0, 0.05) is 5.56 Å². The number of aromatic nitrogens is 3. The minimum Gasteiger partial charge on any atom is -0.476 e. The molecule has 0 spiro atoms. The van der Waals surface area contributed by atoms with Gasteiger partial charge >= 0.3 is 5.97 Å². The second kappa shape index (κ2) is 6.10. The Bertz CT molecular complexity index is 839. The van der Waals surface area contributed by atoms with Crippen molar-refractivity contribution >= 4 is 12.3 Å². The van der Waals surface area contributed by atoms with Crippen LogP contribution < -0.4 is 4.74 Å². The number of H-pyrrole nitrogens is 1. The number of carboxylic acid groups (broad SMARTS) is 1. The van der Waals surface area contributed by atoms with Gasteiger partial charge in [0.05, 0.1) is 0 Å². The van der Waals surface area contributed by atoms with Crippen molar-refractivity contribution in [2.45, 2.75) is 0 Å². The molecule has 0 aliphatic carbocycles. The number of aldehydes is 1. The number of carbonyl (C=O) groups is 2. The minimum absolute atomic E-state index is 0.0967. The van der Waals surface area contributed by atoms with E-state index in [1.165, 1.54) is 0 Å². The van der Waals surface area contributed by atoms with E-state index >= 15 is 0 Å². The summed E-state index contributed by atoms with van der Waals surface area (Å²) >= 11 is 0. The molecule has 0 atom stereocenters. The fourth-order valence-electron chi connectivity index (χ4n) is 2.01. The Labute approximate surface area is 130 Å². The molecule has 0 saturated carbocycles. The maximum absolute atomic E-state index is 10.9. The molecule has 7 nitrogen and oxygen atoms in total. The van der Waals surface area contributed by atoms with Gasteiger partial charge in [-0.2, -0.15) is 0 Å². The van der Waals surface area contributed by atoms with Crippen LogP contribution in [0.25, 0.3) is 11.1 Å². The highest BCUT2D eigenvalue weighted by Gasteiger charge is 2.16. The summed E-state index contributed by atoms with van der Waals surface area (Å²) in [6.07, 6.45) is 0.790. The van der Waals surface area contributed by atoms with Gasteiger partial charge in [-0.1, -0.05) is 46.7 Å². The number of rotatable bonds is 5. The molecule has 2 N–H and O–H groups in total. The quantitative estimate of drug-likeness (QED) is 0.702. The summed E-state index contributed by atoms with van der Waals surface area (Å²) in [5.41, 5.74) is 2.29. The van der Waals surface area contributed by atoms with E-state index in [0.717, 1.165) is 17.4 Å². The molecule has 0 aliphatic heterocycles. The van der Waals surface area contributed by atoms with E-state index in [0.29, 0.717) is 11.3 Å². The first kappa shape index (κ1) is 14.5. The van der Waals surface area contributed by atoms with Crippen LogP contribution in [0.1, 0.15) is 20.8 Å². The molecule has 0 aliphatic rings. The van der Waals surface area contributed by atoms with Crippen LogP contribution in [0.15, 0.2) is 48.5 Å². The summed E-state index contributed by atoms with van der Waals surface area (Å²) in [4.78, 5) is 21.6. The van der Waals surface area contributed by atoms with Crippen LogP contribution in [0.4, 0.5) is 0 Å². The van der Waals surface area contributed by atoms with Gasteiger partial charge in [0.2, 0.25) is 5.69 Å². The Balaban J connectivity index is 1.80. The zero-order chi connectivity index (χ0) is 16.2. The molecule has 7 heteroatoms. The Kier molecular flexibility index (Phi) is 3.84. The van der Waals surface area contributed by atoms with Crippen LogP contribution in [0, 0.1) is 0 Å². The summed E-state index contributed by atoms with van der Waals surface area (Å²) < 4.78 is 5.41. The largest absolute Gasteiger partial charge is 0.476 e. The van der Waals surface area contributed by atoms with Gasteiger partial charge in [-0.3, -0.25) is 4.79 Å². The Morgan fingerprint density at radius 1 is 1.04 bits per heavy atom. The molecule has 0 fully saturated rings. The smallest absolute Gasteiger partial charge is 0.359 e. The summed E-state index contributed by atoms with van der Waals surface area (Å²) in [6, 6.07) is 14.2. The molecule has 1 aromatic heterocycles. The van der Waals surface area contributed by atoms with E-state index in [9.17, 15) is 9.59 Å². The Morgan fingerprint density at radius 3 is 2.22 bits per heavy atom. The zero-order valence-corrected chi connectivity index (χ0v) is 11.8. The third kappa shape index (κ3) is 3.08. The first-order valence-electron chi connectivity index (χ1n) is 6.65. The third-order valence-corrected chi connectivity index (χ3v) is 3.18. The SMILES string of the molecule is O=Cc1ccc(-c2ccc(Oc3nn[nH]c3C(=O)O)cc2)cc1. The fraction of sp³-hybridized carbons (Fsp3) is 0. The second-order valence-corrected chi connectivity index (χ2v) is 4.66. The van der Waals surface area contributed by atoms with Crippen molar-refractivity contribution in [3.8, 4) is 22.8 Å². The van der Waals surface area contributed by atoms with Crippen molar-refractivity contribution in [2.24, 2.45) is 0 Å². The number of aromatic amines is 1. The van der Waals surface area contributed by atoms with Crippen molar-refractivity contribution in [1.29, 1.82) is 0 Å². The van der Waals surface area contributed by atoms with Crippen molar-refractivity contribution < 1.29 is 19.4 Å². The zero-order valence-electron chi connectivity index (χ0n) is 11.8. The van der Waals surface area contributed by atoms with Crippen LogP contribution in [0.2, 0.25) is 0 Å². The summed E-state index contributed by atoms with van der Waals surface area (Å²) in [5.74, 6) is -0.855. The lowest BCUT2D eigenvalue weighted by molar-refractivity contribution is 0.0687. The average Bonchev–Trinajstić information content (AvgIpc) is 3.04. The minimum atomic E-state index is -1.20. The first-order valence-corrected chi connectivity index (χ1v) is 6.65. The molecular weight excluding hydrogens is 298 g/mol. The highest BCUT2D eigenvalue weighted by atomic mass is 16.5. The van der Waals surface area contributed by atoms with Gasteiger partial charge in [-0.25, -0.2) is 9.89 Å². The number of hydrogen-bond donors (Lipinski definition) is 2. The molecular formula is C16H11N3O4. The van der Waals surface area contributed by atoms with Gasteiger partial charge in [-0.05, 0) is 23.3 Å². The number of hydrogen-bond acceptors (Lipinski definition) is 5. The average molecular weight is 309 g/mol. The molecule has 1 heterocycles. The van der Waals surface area contributed by atoms with Crippen LogP contribution in [0.3, 0.4) is 0 Å². The van der Waals surface area contributed by atoms with Crippen LogP contribution in [-0.2, 0) is 0 Å². The molecule has 0 amide bonds. The number of nitrogens with one attached hydrogen (secondary N) is 1. The van der Waals surface area contributed by atoms with Crippen molar-refractivity contribution in [2.75, 3.05) is 0 Å². The van der Waals surface area contributed by atoms with Gasteiger partial charge in [0.1, 0.15) is 12.0 Å². The predicted molar refractivity (Wildman–Crippen MR) is 80.7 cm³/mol.